The predicted molar refractivity (Wildman–Crippen MR) is 69.0 cm³/mol. The normalized spacial score (nSPS) is 12.6. The number of carbonyl (C=O) groups is 1. The molecule has 17 heavy (non-hydrogen) atoms. The summed E-state index contributed by atoms with van der Waals surface area (Å²) in [5, 5.41) is 3.88. The van der Waals surface area contributed by atoms with Crippen molar-refractivity contribution >= 4 is 16.8 Å². The summed E-state index contributed by atoms with van der Waals surface area (Å²) >= 11 is 0. The monoisotopic (exact) mass is 231 g/mol. The molecule has 0 saturated carbocycles. The van der Waals surface area contributed by atoms with Gasteiger partial charge in [-0.05, 0) is 32.0 Å². The Kier molecular flexibility index (Phi) is 3.15. The van der Waals surface area contributed by atoms with E-state index in [0.29, 0.717) is 12.2 Å². The predicted octanol–water partition coefficient (Wildman–Crippen LogP) is 1.55. The van der Waals surface area contributed by atoms with Gasteiger partial charge in [-0.25, -0.2) is 0 Å². The molecule has 4 nitrogen and oxygen atoms in total. The van der Waals surface area contributed by atoms with Gasteiger partial charge in [0.2, 0.25) is 0 Å². The number of hydrogen-bond acceptors (Lipinski definition) is 2. The largest absolute Gasteiger partial charge is 0.351 e. The van der Waals surface area contributed by atoms with Crippen LogP contribution in [0.15, 0.2) is 24.3 Å². The first-order chi connectivity index (χ1) is 8.10. The number of carbonyl (C=O) groups excluding carboxylic acids is 1. The molecule has 4 heteroatoms. The molecule has 4 N–H and O–H groups in total. The minimum absolute atomic E-state index is 0.0179. The van der Waals surface area contributed by atoms with Crippen molar-refractivity contribution in [3.05, 3.63) is 35.5 Å². The van der Waals surface area contributed by atoms with Gasteiger partial charge in [-0.1, -0.05) is 11.6 Å². The molecular weight excluding hydrogens is 214 g/mol. The number of amides is 1. The van der Waals surface area contributed by atoms with Crippen molar-refractivity contribution in [3.63, 3.8) is 0 Å². The highest BCUT2D eigenvalue weighted by Gasteiger charge is 2.11. The molecule has 90 valence electrons. The van der Waals surface area contributed by atoms with Gasteiger partial charge in [0.1, 0.15) is 5.69 Å². The quantitative estimate of drug-likeness (QED) is 0.750. The number of H-pyrrole nitrogens is 1. The lowest BCUT2D eigenvalue weighted by atomic mass is 10.2. The van der Waals surface area contributed by atoms with Gasteiger partial charge in [-0.3, -0.25) is 4.79 Å². The number of aromatic nitrogens is 1. The summed E-state index contributed by atoms with van der Waals surface area (Å²) < 4.78 is 0. The summed E-state index contributed by atoms with van der Waals surface area (Å²) in [6.45, 7) is 4.35. The minimum Gasteiger partial charge on any atom is -0.351 e. The Morgan fingerprint density at radius 1 is 1.47 bits per heavy atom. The van der Waals surface area contributed by atoms with Crippen LogP contribution in [-0.2, 0) is 0 Å². The van der Waals surface area contributed by atoms with E-state index in [4.69, 9.17) is 5.73 Å². The van der Waals surface area contributed by atoms with Crippen LogP contribution in [0, 0.1) is 6.92 Å². The van der Waals surface area contributed by atoms with Crippen molar-refractivity contribution in [3.8, 4) is 0 Å². The van der Waals surface area contributed by atoms with Crippen LogP contribution in [-0.4, -0.2) is 23.5 Å². The standard InChI is InChI=1S/C13H17N3O/c1-8-3-4-11-10(5-8)6-12(16-11)13(17)15-9(2)7-14/h3-6,9,16H,7,14H2,1-2H3,(H,15,17). The maximum Gasteiger partial charge on any atom is 0.267 e. The first-order valence-electron chi connectivity index (χ1n) is 5.70. The van der Waals surface area contributed by atoms with Crippen LogP contribution >= 0.6 is 0 Å². The Bertz CT molecular complexity index is 545. The van der Waals surface area contributed by atoms with Crippen LogP contribution in [0.2, 0.25) is 0 Å². The number of aryl methyl sites for hydroxylation is 1. The molecule has 2 rings (SSSR count). The van der Waals surface area contributed by atoms with Crippen LogP contribution in [0.25, 0.3) is 10.9 Å². The highest BCUT2D eigenvalue weighted by atomic mass is 16.1. The zero-order valence-corrected chi connectivity index (χ0v) is 10.1. The first kappa shape index (κ1) is 11.7. The van der Waals surface area contributed by atoms with Crippen molar-refractivity contribution in [1.82, 2.24) is 10.3 Å². The molecule has 2 aromatic rings. The number of fused-ring (bicyclic) bond motifs is 1. The molecule has 0 aliphatic rings. The van der Waals surface area contributed by atoms with Crippen LogP contribution < -0.4 is 11.1 Å². The van der Waals surface area contributed by atoms with Crippen molar-refractivity contribution in [1.29, 1.82) is 0 Å². The van der Waals surface area contributed by atoms with E-state index in [9.17, 15) is 4.79 Å². The van der Waals surface area contributed by atoms with Gasteiger partial charge in [0.25, 0.3) is 5.91 Å². The van der Waals surface area contributed by atoms with E-state index in [1.54, 1.807) is 0 Å². The smallest absolute Gasteiger partial charge is 0.267 e. The van der Waals surface area contributed by atoms with Gasteiger partial charge < -0.3 is 16.0 Å². The summed E-state index contributed by atoms with van der Waals surface area (Å²) in [5.74, 6) is -0.114. The van der Waals surface area contributed by atoms with E-state index < -0.39 is 0 Å². The average molecular weight is 231 g/mol. The first-order valence-corrected chi connectivity index (χ1v) is 5.70. The van der Waals surface area contributed by atoms with Crippen molar-refractivity contribution in [2.24, 2.45) is 5.73 Å². The molecule has 1 atom stereocenters. The van der Waals surface area contributed by atoms with Crippen LogP contribution in [0.5, 0.6) is 0 Å². The number of hydrogen-bond donors (Lipinski definition) is 3. The van der Waals surface area contributed by atoms with Crippen molar-refractivity contribution in [2.45, 2.75) is 19.9 Å². The van der Waals surface area contributed by atoms with Gasteiger partial charge >= 0.3 is 0 Å². The molecule has 0 bridgehead atoms. The Morgan fingerprint density at radius 2 is 2.24 bits per heavy atom. The number of aromatic amines is 1. The summed E-state index contributed by atoms with van der Waals surface area (Å²) in [7, 11) is 0. The third kappa shape index (κ3) is 2.47. The zero-order chi connectivity index (χ0) is 12.4. The lowest BCUT2D eigenvalue weighted by molar-refractivity contribution is 0.0937. The van der Waals surface area contributed by atoms with Gasteiger partial charge in [0.15, 0.2) is 0 Å². The molecular formula is C13H17N3O. The van der Waals surface area contributed by atoms with E-state index in [1.165, 1.54) is 5.56 Å². The number of benzene rings is 1. The summed E-state index contributed by atoms with van der Waals surface area (Å²) in [6, 6.07) is 7.89. The molecule has 0 spiro atoms. The lowest BCUT2D eigenvalue weighted by Gasteiger charge is -2.09. The number of nitrogens with two attached hydrogens (primary N) is 1. The van der Waals surface area contributed by atoms with Gasteiger partial charge in [0, 0.05) is 23.5 Å². The summed E-state index contributed by atoms with van der Waals surface area (Å²) in [5.41, 5.74) is 8.20. The fourth-order valence-corrected chi connectivity index (χ4v) is 1.73. The number of nitrogens with one attached hydrogen (secondary N) is 2. The van der Waals surface area contributed by atoms with E-state index >= 15 is 0 Å². The van der Waals surface area contributed by atoms with E-state index in [2.05, 4.69) is 16.4 Å². The van der Waals surface area contributed by atoms with E-state index in [1.807, 2.05) is 32.0 Å². The topological polar surface area (TPSA) is 70.9 Å². The number of rotatable bonds is 3. The fraction of sp³-hybridized carbons (Fsp3) is 0.308. The summed E-state index contributed by atoms with van der Waals surface area (Å²) in [4.78, 5) is 15.0. The molecule has 1 aromatic carbocycles. The maximum absolute atomic E-state index is 11.9. The third-order valence-electron chi connectivity index (χ3n) is 2.75. The van der Waals surface area contributed by atoms with Crippen LogP contribution in [0.1, 0.15) is 23.0 Å². The second-order valence-corrected chi connectivity index (χ2v) is 4.38. The Labute approximate surface area is 100 Å². The maximum atomic E-state index is 11.9. The molecule has 0 saturated heterocycles. The SMILES string of the molecule is Cc1ccc2[nH]c(C(=O)NC(C)CN)cc2c1. The summed E-state index contributed by atoms with van der Waals surface area (Å²) in [6.07, 6.45) is 0. The van der Waals surface area contributed by atoms with Crippen molar-refractivity contribution in [2.75, 3.05) is 6.54 Å². The van der Waals surface area contributed by atoms with Crippen LogP contribution in [0.3, 0.4) is 0 Å². The molecule has 0 radical (unpaired) electrons. The average Bonchev–Trinajstić information content (AvgIpc) is 2.71. The highest BCUT2D eigenvalue weighted by molar-refractivity contribution is 5.98. The molecule has 1 amide bonds. The second kappa shape index (κ2) is 4.59. The highest BCUT2D eigenvalue weighted by Crippen LogP contribution is 2.16. The van der Waals surface area contributed by atoms with Gasteiger partial charge in [-0.15, -0.1) is 0 Å². The van der Waals surface area contributed by atoms with Crippen molar-refractivity contribution < 1.29 is 4.79 Å². The van der Waals surface area contributed by atoms with E-state index in [0.717, 1.165) is 10.9 Å². The third-order valence-corrected chi connectivity index (χ3v) is 2.75. The minimum atomic E-state index is -0.114. The Balaban J connectivity index is 2.27. The van der Waals surface area contributed by atoms with Gasteiger partial charge in [0.05, 0.1) is 0 Å². The molecule has 1 heterocycles. The molecule has 1 unspecified atom stereocenters. The Morgan fingerprint density at radius 3 is 2.94 bits per heavy atom. The molecule has 0 aliphatic heterocycles. The molecule has 1 aromatic heterocycles. The molecule has 0 fully saturated rings. The fourth-order valence-electron chi connectivity index (χ4n) is 1.73. The van der Waals surface area contributed by atoms with Gasteiger partial charge in [-0.2, -0.15) is 0 Å². The van der Waals surface area contributed by atoms with Crippen LogP contribution in [0.4, 0.5) is 0 Å². The zero-order valence-electron chi connectivity index (χ0n) is 10.1. The molecule has 0 aliphatic carbocycles. The Hall–Kier alpha value is -1.81. The van der Waals surface area contributed by atoms with E-state index in [-0.39, 0.29) is 11.9 Å². The lowest BCUT2D eigenvalue weighted by Crippen LogP contribution is -2.37. The second-order valence-electron chi connectivity index (χ2n) is 4.38.